The van der Waals surface area contributed by atoms with Gasteiger partial charge in [-0.25, -0.2) is 14.1 Å². The number of aryl methyl sites for hydroxylation is 1. The maximum Gasteiger partial charge on any atom is 0.269 e. The van der Waals surface area contributed by atoms with E-state index >= 15 is 0 Å². The number of carbonyl (C=O) groups is 1. The molecule has 0 aliphatic carbocycles. The third-order valence-corrected chi connectivity index (χ3v) is 3.35. The normalized spacial score (nSPS) is 11.0. The molecule has 5 nitrogen and oxygen atoms in total. The highest BCUT2D eigenvalue weighted by Gasteiger charge is 2.18. The van der Waals surface area contributed by atoms with Gasteiger partial charge in [0.15, 0.2) is 11.3 Å². The van der Waals surface area contributed by atoms with Crippen LogP contribution in [0.4, 0.5) is 4.39 Å². The Bertz CT molecular complexity index is 841. The summed E-state index contributed by atoms with van der Waals surface area (Å²) in [6.07, 6.45) is 1.63. The fourth-order valence-electron chi connectivity index (χ4n) is 2.32. The summed E-state index contributed by atoms with van der Waals surface area (Å²) < 4.78 is 15.3. The molecule has 0 bridgehead atoms. The summed E-state index contributed by atoms with van der Waals surface area (Å²) >= 11 is 0. The van der Waals surface area contributed by atoms with Gasteiger partial charge in [-0.15, -0.1) is 0 Å². The number of primary amides is 1. The highest BCUT2D eigenvalue weighted by Crippen LogP contribution is 2.21. The molecule has 3 aromatic rings. The lowest BCUT2D eigenvalue weighted by atomic mass is 10.1. The van der Waals surface area contributed by atoms with Crippen LogP contribution in [-0.2, 0) is 6.54 Å². The lowest BCUT2D eigenvalue weighted by Crippen LogP contribution is -2.13. The molecule has 0 radical (unpaired) electrons. The molecular formula is C15H13FN4O. The molecule has 0 saturated carbocycles. The summed E-state index contributed by atoms with van der Waals surface area (Å²) in [5.74, 6) is -0.946. The van der Waals surface area contributed by atoms with Gasteiger partial charge >= 0.3 is 0 Å². The molecule has 0 fully saturated rings. The van der Waals surface area contributed by atoms with Crippen molar-refractivity contribution in [1.29, 1.82) is 0 Å². The van der Waals surface area contributed by atoms with Gasteiger partial charge in [-0.2, -0.15) is 5.10 Å². The number of nitrogens with two attached hydrogens (primary N) is 1. The zero-order chi connectivity index (χ0) is 15.0. The summed E-state index contributed by atoms with van der Waals surface area (Å²) in [5, 5.41) is 4.81. The molecule has 0 spiro atoms. The third-order valence-electron chi connectivity index (χ3n) is 3.35. The smallest absolute Gasteiger partial charge is 0.269 e. The fourth-order valence-corrected chi connectivity index (χ4v) is 2.32. The highest BCUT2D eigenvalue weighted by molar-refractivity contribution is 6.04. The first kappa shape index (κ1) is 13.2. The number of carbonyl (C=O) groups excluding carboxylic acids is 1. The molecule has 2 N–H and O–H groups in total. The van der Waals surface area contributed by atoms with Crippen molar-refractivity contribution < 1.29 is 9.18 Å². The Morgan fingerprint density at radius 3 is 2.81 bits per heavy atom. The van der Waals surface area contributed by atoms with Crippen LogP contribution in [0.1, 0.15) is 21.6 Å². The Morgan fingerprint density at radius 1 is 1.33 bits per heavy atom. The van der Waals surface area contributed by atoms with E-state index in [2.05, 4.69) is 10.1 Å². The van der Waals surface area contributed by atoms with E-state index < -0.39 is 5.91 Å². The van der Waals surface area contributed by atoms with Crippen LogP contribution in [0, 0.1) is 12.7 Å². The summed E-state index contributed by atoms with van der Waals surface area (Å²) in [4.78, 5) is 15.8. The maximum atomic E-state index is 13.8. The predicted molar refractivity (Wildman–Crippen MR) is 76.3 cm³/mol. The zero-order valence-electron chi connectivity index (χ0n) is 11.4. The molecule has 21 heavy (non-hydrogen) atoms. The number of benzene rings is 1. The second-order valence-electron chi connectivity index (χ2n) is 4.79. The SMILES string of the molecule is Cc1ccnc2c1c(C(N)=O)nn2Cc1ccccc1F. The van der Waals surface area contributed by atoms with Crippen LogP contribution in [0.5, 0.6) is 0 Å². The average Bonchev–Trinajstić information content (AvgIpc) is 2.82. The van der Waals surface area contributed by atoms with Crippen molar-refractivity contribution in [2.24, 2.45) is 5.73 Å². The first-order valence-corrected chi connectivity index (χ1v) is 6.43. The lowest BCUT2D eigenvalue weighted by Gasteiger charge is -2.04. The number of hydrogen-bond acceptors (Lipinski definition) is 3. The molecule has 2 heterocycles. The van der Waals surface area contributed by atoms with Crippen LogP contribution in [0.15, 0.2) is 36.5 Å². The Hall–Kier alpha value is -2.76. The third kappa shape index (κ3) is 2.24. The van der Waals surface area contributed by atoms with Gasteiger partial charge in [0.25, 0.3) is 5.91 Å². The Balaban J connectivity index is 2.18. The van der Waals surface area contributed by atoms with Gasteiger partial charge in [-0.3, -0.25) is 4.79 Å². The first-order valence-electron chi connectivity index (χ1n) is 6.43. The number of fused-ring (bicyclic) bond motifs is 1. The number of pyridine rings is 1. The van der Waals surface area contributed by atoms with Crippen molar-refractivity contribution in [3.63, 3.8) is 0 Å². The van der Waals surface area contributed by atoms with Crippen molar-refractivity contribution in [2.45, 2.75) is 13.5 Å². The van der Waals surface area contributed by atoms with E-state index in [1.54, 1.807) is 30.5 Å². The predicted octanol–water partition coefficient (Wildman–Crippen LogP) is 2.03. The Labute approximate surface area is 120 Å². The van der Waals surface area contributed by atoms with Gasteiger partial charge in [0.1, 0.15) is 5.82 Å². The summed E-state index contributed by atoms with van der Waals surface area (Å²) in [7, 11) is 0. The molecule has 0 atom stereocenters. The van der Waals surface area contributed by atoms with Crippen molar-refractivity contribution >= 4 is 16.9 Å². The van der Waals surface area contributed by atoms with Crippen molar-refractivity contribution in [3.8, 4) is 0 Å². The van der Waals surface area contributed by atoms with Crippen LogP contribution >= 0.6 is 0 Å². The van der Waals surface area contributed by atoms with Gasteiger partial charge in [-0.05, 0) is 24.6 Å². The van der Waals surface area contributed by atoms with Crippen molar-refractivity contribution in [3.05, 3.63) is 59.2 Å². The number of halogens is 1. The largest absolute Gasteiger partial charge is 0.364 e. The molecule has 3 rings (SSSR count). The van der Waals surface area contributed by atoms with E-state index in [4.69, 9.17) is 5.73 Å². The van der Waals surface area contributed by atoms with Gasteiger partial charge in [0.05, 0.1) is 11.9 Å². The lowest BCUT2D eigenvalue weighted by molar-refractivity contribution is 0.0996. The molecule has 0 saturated heterocycles. The van der Waals surface area contributed by atoms with Crippen LogP contribution in [0.2, 0.25) is 0 Å². The second-order valence-corrected chi connectivity index (χ2v) is 4.79. The fraction of sp³-hybridized carbons (Fsp3) is 0.133. The molecule has 1 aromatic carbocycles. The summed E-state index contributed by atoms with van der Waals surface area (Å²) in [5.41, 5.74) is 7.38. The van der Waals surface area contributed by atoms with Gasteiger partial charge in [0, 0.05) is 11.8 Å². The Kier molecular flexibility index (Phi) is 3.13. The van der Waals surface area contributed by atoms with E-state index in [9.17, 15) is 9.18 Å². The van der Waals surface area contributed by atoms with Gasteiger partial charge < -0.3 is 5.73 Å². The molecule has 0 unspecified atom stereocenters. The number of amides is 1. The molecule has 0 aliphatic heterocycles. The van der Waals surface area contributed by atoms with Crippen molar-refractivity contribution in [2.75, 3.05) is 0 Å². The standard InChI is InChI=1S/C15H13FN4O/c1-9-6-7-18-15-12(9)13(14(17)21)19-20(15)8-10-4-2-3-5-11(10)16/h2-7H,8H2,1H3,(H2,17,21). The number of rotatable bonds is 3. The topological polar surface area (TPSA) is 73.8 Å². The molecule has 0 aliphatic rings. The quantitative estimate of drug-likeness (QED) is 0.799. The molecule has 1 amide bonds. The van der Waals surface area contributed by atoms with Crippen molar-refractivity contribution in [1.82, 2.24) is 14.8 Å². The van der Waals surface area contributed by atoms with E-state index in [-0.39, 0.29) is 18.1 Å². The minimum absolute atomic E-state index is 0.159. The minimum Gasteiger partial charge on any atom is -0.364 e. The molecular weight excluding hydrogens is 271 g/mol. The monoisotopic (exact) mass is 284 g/mol. The van der Waals surface area contributed by atoms with Crippen LogP contribution in [0.3, 0.4) is 0 Å². The van der Waals surface area contributed by atoms with Crippen LogP contribution < -0.4 is 5.73 Å². The number of nitrogens with zero attached hydrogens (tertiary/aromatic N) is 3. The maximum absolute atomic E-state index is 13.8. The van der Waals surface area contributed by atoms with E-state index in [0.29, 0.717) is 16.6 Å². The van der Waals surface area contributed by atoms with E-state index in [1.807, 2.05) is 6.92 Å². The number of hydrogen-bond donors (Lipinski definition) is 1. The number of aromatic nitrogens is 3. The summed E-state index contributed by atoms with van der Waals surface area (Å²) in [6.45, 7) is 2.04. The minimum atomic E-state index is -0.622. The summed E-state index contributed by atoms with van der Waals surface area (Å²) in [6, 6.07) is 8.20. The van der Waals surface area contributed by atoms with E-state index in [1.165, 1.54) is 10.7 Å². The second kappa shape index (κ2) is 4.97. The Morgan fingerprint density at radius 2 is 2.10 bits per heavy atom. The first-order chi connectivity index (χ1) is 10.1. The molecule has 6 heteroatoms. The van der Waals surface area contributed by atoms with Crippen LogP contribution in [-0.4, -0.2) is 20.7 Å². The average molecular weight is 284 g/mol. The molecule has 106 valence electrons. The van der Waals surface area contributed by atoms with Crippen LogP contribution in [0.25, 0.3) is 11.0 Å². The van der Waals surface area contributed by atoms with Gasteiger partial charge in [0.2, 0.25) is 0 Å². The molecule has 2 aromatic heterocycles. The van der Waals surface area contributed by atoms with E-state index in [0.717, 1.165) is 5.56 Å². The van der Waals surface area contributed by atoms with Gasteiger partial charge in [-0.1, -0.05) is 18.2 Å². The highest BCUT2D eigenvalue weighted by atomic mass is 19.1. The zero-order valence-corrected chi connectivity index (χ0v) is 11.4.